The molecule has 18 heteroatoms. The Morgan fingerprint density at radius 1 is 0.885 bits per heavy atom. The highest BCUT2D eigenvalue weighted by atomic mass is 31.2. The number of nitrogens with one attached hydrogen (secondary N) is 1. The van der Waals surface area contributed by atoms with Crippen LogP contribution in [0.2, 0.25) is 0 Å². The molecule has 0 aliphatic rings. The van der Waals surface area contributed by atoms with Crippen molar-refractivity contribution in [1.82, 2.24) is 5.32 Å². The van der Waals surface area contributed by atoms with Crippen LogP contribution >= 0.6 is 30.4 Å². The Morgan fingerprint density at radius 2 is 1.19 bits per heavy atom. The Morgan fingerprint density at radius 3 is 1.35 bits per heavy atom. The molecule has 26 heavy (non-hydrogen) atoms. The quantitative estimate of drug-likeness (QED) is 0.109. The van der Waals surface area contributed by atoms with Crippen molar-refractivity contribution in [3.05, 3.63) is 12.8 Å². The van der Waals surface area contributed by atoms with Crippen LogP contribution in [-0.4, -0.2) is 67.4 Å². The van der Waals surface area contributed by atoms with Gasteiger partial charge in [0.1, 0.15) is 0 Å². The average molecular weight is 463 g/mol. The van der Waals surface area contributed by atoms with Crippen molar-refractivity contribution in [1.29, 1.82) is 0 Å². The fourth-order valence-electron chi connectivity index (χ4n) is 3.05. The third-order valence-corrected chi connectivity index (χ3v) is 12.0. The SMILES string of the molecule is C=CNC([N+](CC)(CC)C(P(=O)(O)O)P(=O)(O)O)(P(=O)(O)O)P(=O)(O)O. The molecule has 156 valence electrons. The van der Waals surface area contributed by atoms with Gasteiger partial charge >= 0.3 is 35.5 Å². The van der Waals surface area contributed by atoms with Crippen LogP contribution in [0.4, 0.5) is 0 Å². The van der Waals surface area contributed by atoms with Crippen LogP contribution in [0.25, 0.3) is 0 Å². The molecule has 0 saturated heterocycles. The zero-order chi connectivity index (χ0) is 21.4. The van der Waals surface area contributed by atoms with Gasteiger partial charge in [-0.2, -0.15) is 0 Å². The van der Waals surface area contributed by atoms with Gasteiger partial charge in [-0.3, -0.25) is 22.7 Å². The molecular formula is C8H23N2O12P4+. The molecule has 0 unspecified atom stereocenters. The van der Waals surface area contributed by atoms with E-state index in [2.05, 4.69) is 6.58 Å². The second-order valence-electron chi connectivity index (χ2n) is 5.26. The minimum absolute atomic E-state index is 0.451. The van der Waals surface area contributed by atoms with E-state index < -0.39 is 58.6 Å². The van der Waals surface area contributed by atoms with Crippen LogP contribution in [0.15, 0.2) is 12.8 Å². The van der Waals surface area contributed by atoms with Crippen LogP contribution in [0.1, 0.15) is 13.8 Å². The number of quaternary nitrogens is 1. The Hall–Kier alpha value is 0.1000. The lowest BCUT2D eigenvalue weighted by atomic mass is 10.4. The van der Waals surface area contributed by atoms with Gasteiger partial charge in [0, 0.05) is 0 Å². The summed E-state index contributed by atoms with van der Waals surface area (Å²) in [6.07, 6.45) is 0.451. The molecule has 14 nitrogen and oxygen atoms in total. The molecule has 0 aromatic heterocycles. The van der Waals surface area contributed by atoms with Crippen molar-refractivity contribution in [2.45, 2.75) is 24.5 Å². The van der Waals surface area contributed by atoms with Crippen LogP contribution < -0.4 is 5.32 Å². The lowest BCUT2D eigenvalue weighted by Crippen LogP contribution is -2.72. The Bertz CT molecular complexity index is 667. The minimum atomic E-state index is -6.05. The van der Waals surface area contributed by atoms with E-state index in [1.54, 1.807) is 5.32 Å². The first kappa shape index (κ1) is 26.1. The summed E-state index contributed by atoms with van der Waals surface area (Å²) in [4.78, 5) is 77.1. The number of hydrogen-bond donors (Lipinski definition) is 9. The third-order valence-electron chi connectivity index (χ3n) is 3.90. The van der Waals surface area contributed by atoms with E-state index in [0.29, 0.717) is 6.20 Å². The summed E-state index contributed by atoms with van der Waals surface area (Å²) >= 11 is 0. The van der Waals surface area contributed by atoms with E-state index in [-0.39, 0.29) is 0 Å². The van der Waals surface area contributed by atoms with Gasteiger partial charge in [-0.25, -0.2) is 0 Å². The maximum Gasteiger partial charge on any atom is 0.421 e. The summed E-state index contributed by atoms with van der Waals surface area (Å²) in [6.45, 7) is 3.29. The van der Waals surface area contributed by atoms with E-state index in [1.807, 2.05) is 0 Å². The molecule has 0 aliphatic heterocycles. The summed E-state index contributed by atoms with van der Waals surface area (Å²) in [7, 11) is -23.8. The third kappa shape index (κ3) is 4.24. The van der Waals surface area contributed by atoms with Crippen LogP contribution in [-0.2, 0) is 18.3 Å². The maximum absolute atomic E-state index is 12.2. The van der Waals surface area contributed by atoms with Crippen molar-refractivity contribution < 1.29 is 61.9 Å². The molecule has 0 atom stereocenters. The first-order chi connectivity index (χ1) is 11.3. The molecule has 0 saturated carbocycles. The van der Waals surface area contributed by atoms with Crippen molar-refractivity contribution in [2.75, 3.05) is 13.1 Å². The normalized spacial score (nSPS) is 15.2. The van der Waals surface area contributed by atoms with E-state index in [1.165, 1.54) is 0 Å². The monoisotopic (exact) mass is 463 g/mol. The molecule has 0 fully saturated rings. The van der Waals surface area contributed by atoms with E-state index >= 15 is 0 Å². The van der Waals surface area contributed by atoms with Crippen molar-refractivity contribution >= 4 is 30.4 Å². The Labute approximate surface area is 148 Å². The summed E-state index contributed by atoms with van der Waals surface area (Å²) < 4.78 is 46.1. The largest absolute Gasteiger partial charge is 0.421 e. The van der Waals surface area contributed by atoms with E-state index in [4.69, 9.17) is 0 Å². The Kier molecular flexibility index (Phi) is 7.88. The summed E-state index contributed by atoms with van der Waals surface area (Å²) in [5.74, 6) is 0. The van der Waals surface area contributed by atoms with Gasteiger partial charge in [-0.15, -0.1) is 0 Å². The van der Waals surface area contributed by atoms with Crippen molar-refractivity contribution in [3.8, 4) is 0 Å². The molecule has 0 aliphatic carbocycles. The van der Waals surface area contributed by atoms with Crippen LogP contribution in [0, 0.1) is 0 Å². The molecule has 0 radical (unpaired) electrons. The predicted molar refractivity (Wildman–Crippen MR) is 89.4 cm³/mol. The summed E-state index contributed by atoms with van der Waals surface area (Å²) in [6, 6.07) is 0. The van der Waals surface area contributed by atoms with Crippen LogP contribution in [0.5, 0.6) is 0 Å². The molecule has 9 N–H and O–H groups in total. The molecule has 0 rings (SSSR count). The van der Waals surface area contributed by atoms with Crippen molar-refractivity contribution in [3.63, 3.8) is 0 Å². The van der Waals surface area contributed by atoms with Crippen molar-refractivity contribution in [2.24, 2.45) is 0 Å². The maximum atomic E-state index is 12.2. The molecule has 0 aromatic carbocycles. The topological polar surface area (TPSA) is 242 Å². The van der Waals surface area contributed by atoms with Crippen LogP contribution in [0.3, 0.4) is 0 Å². The molecule has 0 amide bonds. The van der Waals surface area contributed by atoms with Gasteiger partial charge in [0.05, 0.1) is 13.1 Å². The first-order valence-corrected chi connectivity index (χ1v) is 13.4. The predicted octanol–water partition coefficient (Wildman–Crippen LogP) is -0.818. The first-order valence-electron chi connectivity index (χ1n) is 6.77. The molecule has 0 aromatic rings. The molecule has 0 bridgehead atoms. The second kappa shape index (κ2) is 7.85. The van der Waals surface area contributed by atoms with Gasteiger partial charge in [-0.05, 0) is 20.0 Å². The number of rotatable bonds is 10. The van der Waals surface area contributed by atoms with E-state index in [9.17, 15) is 57.4 Å². The fraction of sp³-hybridized carbons (Fsp3) is 0.750. The van der Waals surface area contributed by atoms with Gasteiger partial charge in [0.25, 0.3) is 5.52 Å². The minimum Gasteiger partial charge on any atom is -0.321 e. The fourth-order valence-corrected chi connectivity index (χ4v) is 10.8. The molecular weight excluding hydrogens is 440 g/mol. The lowest BCUT2D eigenvalue weighted by molar-refractivity contribution is -0.951. The van der Waals surface area contributed by atoms with Gasteiger partial charge in [0.2, 0.25) is 0 Å². The summed E-state index contributed by atoms with van der Waals surface area (Å²) in [5, 5.41) is -2.14. The summed E-state index contributed by atoms with van der Waals surface area (Å²) in [5.41, 5.74) is -3.17. The standard InChI is InChI=1S/C8H22N2O12P4/c1-4-9-8(25(17,18)19,26(20,21)22)10(5-2,6-3)7(23(11,12)13)24(14,15)16/h4,7,9H,1,5-6H2,2-3H3,(H7-,11,12,13,14,15,16,17,18,19,20,21,22)/p+1. The second-order valence-corrected chi connectivity index (χ2v) is 12.8. The smallest absolute Gasteiger partial charge is 0.321 e. The Balaban J connectivity index is 7.66. The molecule has 0 heterocycles. The highest BCUT2D eigenvalue weighted by Crippen LogP contribution is 2.76. The zero-order valence-corrected chi connectivity index (χ0v) is 17.3. The van der Waals surface area contributed by atoms with Gasteiger partial charge < -0.3 is 44.5 Å². The zero-order valence-electron chi connectivity index (χ0n) is 13.7. The number of nitrogens with zero attached hydrogens (tertiary/aromatic N) is 1. The van der Waals surface area contributed by atoms with Gasteiger partial charge in [0.15, 0.2) is 0 Å². The van der Waals surface area contributed by atoms with Gasteiger partial charge in [-0.1, -0.05) is 6.58 Å². The average Bonchev–Trinajstić information content (AvgIpc) is 2.36. The highest BCUT2D eigenvalue weighted by Gasteiger charge is 2.79. The number of hydrogen-bond acceptors (Lipinski definition) is 5. The lowest BCUT2D eigenvalue weighted by Gasteiger charge is -2.53. The molecule has 0 spiro atoms. The highest BCUT2D eigenvalue weighted by molar-refractivity contribution is 7.72. The van der Waals surface area contributed by atoms with E-state index in [0.717, 1.165) is 13.8 Å².